The first-order valence-electron chi connectivity index (χ1n) is 12.6. The summed E-state index contributed by atoms with van der Waals surface area (Å²) in [5.41, 5.74) is 4.00. The van der Waals surface area contributed by atoms with Gasteiger partial charge in [-0.15, -0.1) is 0 Å². The van der Waals surface area contributed by atoms with Gasteiger partial charge in [-0.05, 0) is 60.5 Å². The quantitative estimate of drug-likeness (QED) is 0.0561. The predicted molar refractivity (Wildman–Crippen MR) is 150 cm³/mol. The van der Waals surface area contributed by atoms with Gasteiger partial charge in [0.1, 0.15) is 11.8 Å². The molecular weight excluding hydrogens is 598 g/mol. The van der Waals surface area contributed by atoms with Gasteiger partial charge in [0, 0.05) is 5.56 Å². The summed E-state index contributed by atoms with van der Waals surface area (Å²) in [6.45, 7) is 0. The third kappa shape index (κ3) is 6.79. The fourth-order valence-corrected chi connectivity index (χ4v) is 3.95. The van der Waals surface area contributed by atoms with Gasteiger partial charge >= 0.3 is 17.9 Å². The number of aliphatic carboxylic acids is 1. The maximum atomic E-state index is 13.3. The summed E-state index contributed by atoms with van der Waals surface area (Å²) in [6, 6.07) is 9.21. The summed E-state index contributed by atoms with van der Waals surface area (Å²) in [7, 11) is 0. The molecule has 4 aromatic rings. The maximum absolute atomic E-state index is 13.3. The Bertz CT molecular complexity index is 1830. The van der Waals surface area contributed by atoms with Crippen molar-refractivity contribution in [3.63, 3.8) is 0 Å². The molecule has 15 nitrogen and oxygen atoms in total. The van der Waals surface area contributed by atoms with Crippen LogP contribution in [0.25, 0.3) is 0 Å². The Balaban J connectivity index is 1.59. The number of esters is 2. The Labute approximate surface area is 251 Å². The summed E-state index contributed by atoms with van der Waals surface area (Å²) in [6.07, 6.45) is 0.0125. The van der Waals surface area contributed by atoms with Crippen molar-refractivity contribution in [3.05, 3.63) is 88.5 Å². The van der Waals surface area contributed by atoms with Crippen molar-refractivity contribution in [2.45, 2.75) is 12.5 Å². The molecule has 0 saturated carbocycles. The number of rotatable bonds is 9. The zero-order valence-corrected chi connectivity index (χ0v) is 22.7. The molecule has 0 heterocycles. The zero-order valence-electron chi connectivity index (χ0n) is 22.7. The number of ketones is 1. The van der Waals surface area contributed by atoms with Crippen molar-refractivity contribution < 1.29 is 69.5 Å². The number of ether oxygens (including phenoxy) is 2. The normalized spacial score (nSPS) is 11.4. The summed E-state index contributed by atoms with van der Waals surface area (Å²) in [5.74, 6) is -11.9. The molecule has 0 fully saturated rings. The monoisotopic (exact) mass is 621 g/mol. The maximum Gasteiger partial charge on any atom is 0.343 e. The van der Waals surface area contributed by atoms with E-state index in [1.54, 1.807) is 0 Å². The summed E-state index contributed by atoms with van der Waals surface area (Å²) in [4.78, 5) is 49.6. The first kappa shape index (κ1) is 31.5. The van der Waals surface area contributed by atoms with Gasteiger partial charge in [0.15, 0.2) is 46.0 Å². The largest absolute Gasteiger partial charge is 0.504 e. The Hall–Kier alpha value is -6.48. The molecule has 15 heteroatoms. The minimum Gasteiger partial charge on any atom is -0.504 e. The van der Waals surface area contributed by atoms with Crippen molar-refractivity contribution in [1.82, 2.24) is 0 Å². The predicted octanol–water partition coefficient (Wildman–Crippen LogP) is 2.25. The lowest BCUT2D eigenvalue weighted by Gasteiger charge is -2.13. The molecule has 4 aromatic carbocycles. The second kappa shape index (κ2) is 12.4. The summed E-state index contributed by atoms with van der Waals surface area (Å²) < 4.78 is 10.2. The lowest BCUT2D eigenvalue weighted by Crippen LogP contribution is -2.32. The molecule has 45 heavy (non-hydrogen) atoms. The summed E-state index contributed by atoms with van der Waals surface area (Å²) >= 11 is 0. The average Bonchev–Trinajstić information content (AvgIpc) is 2.99. The smallest absolute Gasteiger partial charge is 0.343 e. The molecule has 0 saturated heterocycles. The first-order chi connectivity index (χ1) is 21.2. The van der Waals surface area contributed by atoms with Crippen molar-refractivity contribution in [1.29, 1.82) is 0 Å². The van der Waals surface area contributed by atoms with Gasteiger partial charge in [-0.2, -0.15) is 0 Å². The molecule has 1 atom stereocenters. The molecule has 0 aliphatic heterocycles. The first-order valence-corrected chi connectivity index (χ1v) is 12.6. The number of nitrogens with two attached hydrogens (primary N) is 1. The molecule has 0 spiro atoms. The van der Waals surface area contributed by atoms with E-state index in [0.717, 1.165) is 36.4 Å². The van der Waals surface area contributed by atoms with E-state index in [9.17, 15) is 54.9 Å². The second-order valence-electron chi connectivity index (χ2n) is 9.50. The van der Waals surface area contributed by atoms with Crippen LogP contribution in [0.1, 0.15) is 42.2 Å². The molecular formula is C30H23NO14. The lowest BCUT2D eigenvalue weighted by molar-refractivity contribution is -0.138. The number of aromatic hydroxyl groups is 7. The number of carbonyl (C=O) groups is 4. The number of phenolic OH excluding ortho intramolecular Hbond substituents is 7. The summed E-state index contributed by atoms with van der Waals surface area (Å²) in [5, 5.41) is 78.7. The van der Waals surface area contributed by atoms with Crippen LogP contribution in [0, 0.1) is 0 Å². The lowest BCUT2D eigenvalue weighted by atomic mass is 9.99. The second-order valence-corrected chi connectivity index (χ2v) is 9.50. The molecule has 10 N–H and O–H groups in total. The third-order valence-electron chi connectivity index (χ3n) is 6.30. The highest BCUT2D eigenvalue weighted by Crippen LogP contribution is 2.40. The van der Waals surface area contributed by atoms with Crippen LogP contribution in [0.15, 0.2) is 60.7 Å². The van der Waals surface area contributed by atoms with Gasteiger partial charge in [-0.25, -0.2) is 9.59 Å². The minimum absolute atomic E-state index is 0.0123. The van der Waals surface area contributed by atoms with Crippen LogP contribution >= 0.6 is 0 Å². The van der Waals surface area contributed by atoms with Crippen molar-refractivity contribution in [2.24, 2.45) is 5.73 Å². The van der Waals surface area contributed by atoms with Crippen molar-refractivity contribution in [3.8, 4) is 51.7 Å². The van der Waals surface area contributed by atoms with E-state index in [4.69, 9.17) is 20.3 Å². The number of hydrogen-bond donors (Lipinski definition) is 9. The zero-order chi connectivity index (χ0) is 33.2. The standard InChI is InChI=1S/C30H23NO14/c31-18(28(40)41)5-12-1-3-16(4-2-12)44-29(42)14-6-17(25(37)19(32)8-14)24(36)13-7-22(35)27(39)23(11-13)45-30(43)15-9-20(33)26(38)21(34)10-15/h1-4,6-11,18,32-35,37-39H,5,31H2,(H,40,41)/t18-/m0/s1. The van der Waals surface area contributed by atoms with Gasteiger partial charge in [0.05, 0.1) is 16.7 Å². The average molecular weight is 622 g/mol. The van der Waals surface area contributed by atoms with Gasteiger partial charge in [0.25, 0.3) is 0 Å². The van der Waals surface area contributed by atoms with E-state index in [1.165, 1.54) is 24.3 Å². The number of benzene rings is 4. The van der Waals surface area contributed by atoms with Gasteiger partial charge in [-0.1, -0.05) is 12.1 Å². The highest BCUT2D eigenvalue weighted by atomic mass is 16.5. The van der Waals surface area contributed by atoms with Gasteiger partial charge in [0.2, 0.25) is 5.75 Å². The molecule has 4 rings (SSSR count). The fourth-order valence-electron chi connectivity index (χ4n) is 3.95. The third-order valence-corrected chi connectivity index (χ3v) is 6.30. The molecule has 0 aliphatic carbocycles. The number of carboxylic acids is 1. The molecule has 0 aliphatic rings. The van der Waals surface area contributed by atoms with E-state index in [1.807, 2.05) is 0 Å². The molecule has 0 unspecified atom stereocenters. The van der Waals surface area contributed by atoms with E-state index >= 15 is 0 Å². The number of phenols is 7. The van der Waals surface area contributed by atoms with Gasteiger partial charge < -0.3 is 56.1 Å². The van der Waals surface area contributed by atoms with Gasteiger partial charge in [-0.3, -0.25) is 9.59 Å². The molecule has 0 amide bonds. The van der Waals surface area contributed by atoms with Crippen LogP contribution in [-0.2, 0) is 11.2 Å². The molecule has 0 bridgehead atoms. The van der Waals surface area contributed by atoms with E-state index in [0.29, 0.717) is 5.56 Å². The highest BCUT2D eigenvalue weighted by molar-refractivity contribution is 6.13. The van der Waals surface area contributed by atoms with E-state index in [-0.39, 0.29) is 12.2 Å². The van der Waals surface area contributed by atoms with Crippen LogP contribution in [0.5, 0.6) is 51.7 Å². The SMILES string of the molecule is N[C@@H](Cc1ccc(OC(=O)c2cc(O)c(O)c(C(=O)c3cc(O)c(O)c(OC(=O)c4cc(O)c(O)c(O)c4)c3)c2)cc1)C(=O)O. The number of carbonyl (C=O) groups excluding carboxylic acids is 3. The molecule has 232 valence electrons. The van der Waals surface area contributed by atoms with Crippen molar-refractivity contribution >= 4 is 23.7 Å². The van der Waals surface area contributed by atoms with Crippen LogP contribution in [-0.4, -0.2) is 70.6 Å². The van der Waals surface area contributed by atoms with Crippen LogP contribution in [0.2, 0.25) is 0 Å². The van der Waals surface area contributed by atoms with Crippen LogP contribution in [0.3, 0.4) is 0 Å². The topological polar surface area (TPSA) is 275 Å². The Morgan fingerprint density at radius 1 is 0.622 bits per heavy atom. The number of carboxylic acid groups (broad SMARTS) is 1. The Kier molecular flexibility index (Phi) is 8.67. The Morgan fingerprint density at radius 2 is 1.11 bits per heavy atom. The minimum atomic E-state index is -1.30. The van der Waals surface area contributed by atoms with Crippen molar-refractivity contribution in [2.75, 3.05) is 0 Å². The number of hydrogen-bond acceptors (Lipinski definition) is 14. The van der Waals surface area contributed by atoms with Crippen LogP contribution in [0.4, 0.5) is 0 Å². The van der Waals surface area contributed by atoms with E-state index < -0.39 is 98.0 Å². The Morgan fingerprint density at radius 3 is 1.69 bits per heavy atom. The highest BCUT2D eigenvalue weighted by Gasteiger charge is 2.25. The fraction of sp³-hybridized carbons (Fsp3) is 0.0667. The molecule has 0 radical (unpaired) electrons. The van der Waals surface area contributed by atoms with E-state index in [2.05, 4.69) is 0 Å². The molecule has 0 aromatic heterocycles. The van der Waals surface area contributed by atoms with Crippen LogP contribution < -0.4 is 15.2 Å².